The third-order valence-corrected chi connectivity index (χ3v) is 4.54. The fraction of sp³-hybridized carbons (Fsp3) is 0. The highest BCUT2D eigenvalue weighted by atomic mass is 32.1. The molecule has 9 heteroatoms. The zero-order chi connectivity index (χ0) is 14.8. The van der Waals surface area contributed by atoms with E-state index in [9.17, 15) is 4.79 Å². The molecular formula is C12H6N5O2S2+. The molecule has 0 radical (unpaired) electrons. The molecule has 2 aromatic heterocycles. The largest absolute Gasteiger partial charge is 0.477 e. The van der Waals surface area contributed by atoms with Crippen LogP contribution in [0.4, 0.5) is 16.5 Å². The molecule has 0 saturated heterocycles. The maximum atomic E-state index is 10.8. The van der Waals surface area contributed by atoms with Gasteiger partial charge in [0.25, 0.3) is 0 Å². The second-order valence-corrected chi connectivity index (χ2v) is 5.94. The Balaban J connectivity index is 1.83. The van der Waals surface area contributed by atoms with Gasteiger partial charge in [0.1, 0.15) is 9.71 Å². The number of nitrogens with zero attached hydrogens (tertiary/aromatic N) is 5. The van der Waals surface area contributed by atoms with Gasteiger partial charge in [-0.3, -0.25) is 0 Å². The Morgan fingerprint density at radius 1 is 1.24 bits per heavy atom. The molecule has 102 valence electrons. The van der Waals surface area contributed by atoms with Gasteiger partial charge in [0, 0.05) is 12.1 Å². The van der Waals surface area contributed by atoms with Crippen LogP contribution in [0.15, 0.2) is 40.6 Å². The fourth-order valence-electron chi connectivity index (χ4n) is 1.56. The zero-order valence-corrected chi connectivity index (χ0v) is 11.9. The van der Waals surface area contributed by atoms with Gasteiger partial charge in [-0.1, -0.05) is 11.3 Å². The summed E-state index contributed by atoms with van der Waals surface area (Å²) in [6.07, 6.45) is 0. The van der Waals surface area contributed by atoms with Gasteiger partial charge in [0.05, 0.1) is 10.4 Å². The van der Waals surface area contributed by atoms with Gasteiger partial charge in [-0.05, 0) is 18.2 Å². The molecule has 3 aromatic rings. The minimum atomic E-state index is -0.956. The first-order valence-corrected chi connectivity index (χ1v) is 7.29. The number of rotatable bonds is 3. The molecule has 0 aliphatic carbocycles. The van der Waals surface area contributed by atoms with Gasteiger partial charge in [0.2, 0.25) is 10.5 Å². The second-order valence-electron chi connectivity index (χ2n) is 3.90. The molecule has 1 N–H and O–H groups in total. The number of carboxylic acids is 1. The Morgan fingerprint density at radius 2 is 2.00 bits per heavy atom. The van der Waals surface area contributed by atoms with Crippen LogP contribution in [0.3, 0.4) is 0 Å². The summed E-state index contributed by atoms with van der Waals surface area (Å²) in [6.45, 7) is 0. The van der Waals surface area contributed by atoms with Crippen molar-refractivity contribution in [2.45, 2.75) is 0 Å². The number of thiazole rings is 1. The molecule has 0 aliphatic rings. The van der Waals surface area contributed by atoms with E-state index in [1.54, 1.807) is 30.3 Å². The summed E-state index contributed by atoms with van der Waals surface area (Å²) in [5, 5.41) is 26.0. The van der Waals surface area contributed by atoms with Crippen molar-refractivity contribution >= 4 is 54.7 Å². The van der Waals surface area contributed by atoms with Gasteiger partial charge >= 0.3 is 11.7 Å². The van der Waals surface area contributed by atoms with Crippen molar-refractivity contribution in [3.05, 3.63) is 40.2 Å². The van der Waals surface area contributed by atoms with Crippen LogP contribution in [-0.4, -0.2) is 16.1 Å². The minimum absolute atomic E-state index is 0.260. The highest BCUT2D eigenvalue weighted by Crippen LogP contribution is 2.35. The molecule has 7 nitrogen and oxygen atoms in total. The van der Waals surface area contributed by atoms with E-state index in [4.69, 9.17) is 10.5 Å². The number of hydrogen-bond donors (Lipinski definition) is 1. The lowest BCUT2D eigenvalue weighted by molar-refractivity contribution is 0.0702. The van der Waals surface area contributed by atoms with Gasteiger partial charge in [-0.15, -0.1) is 21.6 Å². The molecule has 3 rings (SSSR count). The summed E-state index contributed by atoms with van der Waals surface area (Å²) in [7, 11) is 0. The van der Waals surface area contributed by atoms with Crippen molar-refractivity contribution in [1.29, 1.82) is 5.39 Å². The third kappa shape index (κ3) is 2.76. The number of carbonyl (C=O) groups is 1. The van der Waals surface area contributed by atoms with Crippen molar-refractivity contribution in [3.8, 4) is 0 Å². The quantitative estimate of drug-likeness (QED) is 0.545. The van der Waals surface area contributed by atoms with Crippen LogP contribution in [0.5, 0.6) is 0 Å². The average molecular weight is 316 g/mol. The molecule has 0 saturated carbocycles. The molecule has 1 aromatic carbocycles. The molecule has 2 heterocycles. The van der Waals surface area contributed by atoms with Crippen molar-refractivity contribution < 1.29 is 9.90 Å². The first kappa shape index (κ1) is 13.3. The van der Waals surface area contributed by atoms with Crippen LogP contribution in [0.2, 0.25) is 0 Å². The van der Waals surface area contributed by atoms with Crippen molar-refractivity contribution in [2.24, 2.45) is 10.2 Å². The van der Waals surface area contributed by atoms with Crippen LogP contribution in [0.25, 0.3) is 14.5 Å². The molecule has 0 unspecified atom stereocenters. The molecule has 0 aliphatic heterocycles. The SMILES string of the molecule is N#[N+]c1ccc(N=Nc2nc3sc(C(=O)O)cc3s2)cc1. The maximum Gasteiger partial charge on any atom is 0.385 e. The van der Waals surface area contributed by atoms with E-state index in [2.05, 4.69) is 20.2 Å². The number of carboxylic acid groups (broad SMARTS) is 1. The first-order chi connectivity index (χ1) is 10.2. The van der Waals surface area contributed by atoms with E-state index in [0.29, 0.717) is 21.3 Å². The highest BCUT2D eigenvalue weighted by molar-refractivity contribution is 7.29. The van der Waals surface area contributed by atoms with Gasteiger partial charge in [-0.25, -0.2) is 9.78 Å². The van der Waals surface area contributed by atoms with Gasteiger partial charge in [0.15, 0.2) is 4.98 Å². The Hall–Kier alpha value is -2.70. The summed E-state index contributed by atoms with van der Waals surface area (Å²) in [5.74, 6) is -0.956. The minimum Gasteiger partial charge on any atom is -0.477 e. The van der Waals surface area contributed by atoms with Crippen LogP contribution in [-0.2, 0) is 0 Å². The lowest BCUT2D eigenvalue weighted by Gasteiger charge is -1.87. The number of azo groups is 1. The van der Waals surface area contributed by atoms with E-state index >= 15 is 0 Å². The van der Waals surface area contributed by atoms with E-state index in [1.165, 1.54) is 11.3 Å². The molecule has 21 heavy (non-hydrogen) atoms. The number of aromatic nitrogens is 1. The molecule has 0 amide bonds. The second kappa shape index (κ2) is 5.35. The Labute approximate surface area is 125 Å². The molecular weight excluding hydrogens is 310 g/mol. The van der Waals surface area contributed by atoms with E-state index < -0.39 is 5.97 Å². The highest BCUT2D eigenvalue weighted by Gasteiger charge is 2.12. The van der Waals surface area contributed by atoms with Crippen molar-refractivity contribution in [1.82, 2.24) is 4.98 Å². The predicted molar refractivity (Wildman–Crippen MR) is 79.8 cm³/mol. The van der Waals surface area contributed by atoms with Crippen LogP contribution in [0, 0.1) is 5.39 Å². The first-order valence-electron chi connectivity index (χ1n) is 5.66. The topological polar surface area (TPSA) is 103 Å². The smallest absolute Gasteiger partial charge is 0.385 e. The molecule has 0 atom stereocenters. The number of diazo groups is 1. The van der Waals surface area contributed by atoms with Gasteiger partial charge in [-0.2, -0.15) is 0 Å². The summed E-state index contributed by atoms with van der Waals surface area (Å²) in [4.78, 5) is 19.0. The number of fused-ring (bicyclic) bond motifs is 1. The average Bonchev–Trinajstić information content (AvgIpc) is 3.04. The Bertz CT molecular complexity index is 857. The summed E-state index contributed by atoms with van der Waals surface area (Å²) >= 11 is 2.39. The van der Waals surface area contributed by atoms with E-state index in [1.807, 2.05) is 0 Å². The maximum absolute atomic E-state index is 10.8. The number of hydrogen-bond acceptors (Lipinski definition) is 7. The molecule has 0 bridgehead atoms. The summed E-state index contributed by atoms with van der Waals surface area (Å²) in [5.41, 5.74) is 1.04. The fourth-order valence-corrected chi connectivity index (χ4v) is 3.43. The number of aromatic carboxylic acids is 1. The lowest BCUT2D eigenvalue weighted by Crippen LogP contribution is -1.89. The van der Waals surface area contributed by atoms with Crippen LogP contribution in [0.1, 0.15) is 9.67 Å². The van der Waals surface area contributed by atoms with Crippen molar-refractivity contribution in [3.63, 3.8) is 0 Å². The van der Waals surface area contributed by atoms with E-state index in [0.717, 1.165) is 16.0 Å². The zero-order valence-electron chi connectivity index (χ0n) is 10.3. The predicted octanol–water partition coefficient (Wildman–Crippen LogP) is 4.96. The van der Waals surface area contributed by atoms with Gasteiger partial charge < -0.3 is 5.11 Å². The molecule has 0 fully saturated rings. The monoisotopic (exact) mass is 316 g/mol. The van der Waals surface area contributed by atoms with E-state index in [-0.39, 0.29) is 4.88 Å². The normalized spacial score (nSPS) is 11.0. The third-order valence-electron chi connectivity index (χ3n) is 2.51. The number of thiophene rings is 1. The Kier molecular flexibility index (Phi) is 3.39. The summed E-state index contributed by atoms with van der Waals surface area (Å²) < 4.78 is 0.778. The summed E-state index contributed by atoms with van der Waals surface area (Å²) in [6, 6.07) is 8.12. The standard InChI is InChI=1S/C12H5N5O2S2/c13-15-6-1-3-7(4-2-6)16-17-12-14-10-8(21-12)5-9(20-10)11(18)19/h1-5H/p+1. The molecule has 0 spiro atoms. The van der Waals surface area contributed by atoms with Crippen LogP contribution >= 0.6 is 22.7 Å². The van der Waals surface area contributed by atoms with Crippen LogP contribution < -0.4 is 0 Å². The van der Waals surface area contributed by atoms with Crippen molar-refractivity contribution in [2.75, 3.05) is 0 Å². The number of benzene rings is 1. The Morgan fingerprint density at radius 3 is 2.62 bits per heavy atom. The lowest BCUT2D eigenvalue weighted by atomic mass is 10.3.